The van der Waals surface area contributed by atoms with Crippen LogP contribution in [0.4, 0.5) is 4.39 Å². The van der Waals surface area contributed by atoms with E-state index >= 15 is 0 Å². The number of hydrogen-bond acceptors (Lipinski definition) is 3. The summed E-state index contributed by atoms with van der Waals surface area (Å²) in [6.45, 7) is 5.29. The molecule has 0 fully saturated rings. The van der Waals surface area contributed by atoms with Gasteiger partial charge in [-0.2, -0.15) is 0 Å². The van der Waals surface area contributed by atoms with Gasteiger partial charge in [-0.25, -0.2) is 4.39 Å². The average molecular weight is 226 g/mol. The summed E-state index contributed by atoms with van der Waals surface area (Å²) >= 11 is 0. The lowest BCUT2D eigenvalue weighted by molar-refractivity contribution is 0.410. The fraction of sp³-hybridized carbons (Fsp3) is 0.500. The van der Waals surface area contributed by atoms with E-state index in [1.165, 1.54) is 13.2 Å². The van der Waals surface area contributed by atoms with Crippen LogP contribution < -0.4 is 15.4 Å². The third kappa shape index (κ3) is 4.16. The van der Waals surface area contributed by atoms with Gasteiger partial charge in [-0.05, 0) is 12.6 Å². The quantitative estimate of drug-likeness (QED) is 0.692. The first-order valence-electron chi connectivity index (χ1n) is 5.51. The summed E-state index contributed by atoms with van der Waals surface area (Å²) in [5.74, 6) is 0.323. The number of nitrogens with one attached hydrogen (secondary N) is 2. The Morgan fingerprint density at radius 3 is 2.62 bits per heavy atom. The highest BCUT2D eigenvalue weighted by Gasteiger charge is 2.02. The summed E-state index contributed by atoms with van der Waals surface area (Å²) in [6, 6.07) is 4.92. The van der Waals surface area contributed by atoms with Gasteiger partial charge in [-0.1, -0.05) is 13.0 Å². The molecule has 0 saturated carbocycles. The Bertz CT molecular complexity index is 318. The van der Waals surface area contributed by atoms with Crippen molar-refractivity contribution in [1.29, 1.82) is 0 Å². The minimum absolute atomic E-state index is 0.227. The van der Waals surface area contributed by atoms with Gasteiger partial charge in [0.2, 0.25) is 0 Å². The molecule has 0 atom stereocenters. The van der Waals surface area contributed by atoms with Crippen LogP contribution in [0.3, 0.4) is 0 Å². The van der Waals surface area contributed by atoms with Gasteiger partial charge in [0, 0.05) is 31.3 Å². The summed E-state index contributed by atoms with van der Waals surface area (Å²) in [7, 11) is 1.53. The molecule has 0 unspecified atom stereocenters. The van der Waals surface area contributed by atoms with Crippen LogP contribution in [0.15, 0.2) is 18.2 Å². The molecule has 0 aliphatic rings. The molecule has 0 radical (unpaired) electrons. The van der Waals surface area contributed by atoms with E-state index in [4.69, 9.17) is 4.74 Å². The maximum Gasteiger partial charge on any atom is 0.131 e. The lowest BCUT2D eigenvalue weighted by Crippen LogP contribution is -2.27. The van der Waals surface area contributed by atoms with Crippen molar-refractivity contribution >= 4 is 0 Å². The van der Waals surface area contributed by atoms with E-state index in [1.807, 2.05) is 0 Å². The van der Waals surface area contributed by atoms with Gasteiger partial charge >= 0.3 is 0 Å². The summed E-state index contributed by atoms with van der Waals surface area (Å²) in [4.78, 5) is 0. The van der Waals surface area contributed by atoms with E-state index in [0.717, 1.165) is 19.6 Å². The zero-order valence-electron chi connectivity index (χ0n) is 9.85. The van der Waals surface area contributed by atoms with Crippen molar-refractivity contribution in [2.75, 3.05) is 26.7 Å². The Hall–Kier alpha value is -1.13. The summed E-state index contributed by atoms with van der Waals surface area (Å²) in [5.41, 5.74) is 0.664. The number of hydrogen-bond donors (Lipinski definition) is 2. The molecule has 1 aromatic carbocycles. The molecule has 16 heavy (non-hydrogen) atoms. The van der Waals surface area contributed by atoms with Crippen LogP contribution in [-0.4, -0.2) is 26.7 Å². The van der Waals surface area contributed by atoms with E-state index in [2.05, 4.69) is 17.6 Å². The van der Waals surface area contributed by atoms with Gasteiger partial charge in [-0.15, -0.1) is 0 Å². The monoisotopic (exact) mass is 226 g/mol. The summed E-state index contributed by atoms with van der Waals surface area (Å²) in [5, 5.41) is 6.36. The van der Waals surface area contributed by atoms with E-state index in [1.54, 1.807) is 12.1 Å². The smallest absolute Gasteiger partial charge is 0.131 e. The maximum absolute atomic E-state index is 13.5. The minimum Gasteiger partial charge on any atom is -0.497 e. The Morgan fingerprint density at radius 2 is 2.00 bits per heavy atom. The molecule has 4 heteroatoms. The van der Waals surface area contributed by atoms with E-state index in [9.17, 15) is 4.39 Å². The fourth-order valence-electron chi connectivity index (χ4n) is 1.37. The molecule has 0 bridgehead atoms. The van der Waals surface area contributed by atoms with Crippen LogP contribution in [0.1, 0.15) is 12.5 Å². The third-order valence-electron chi connectivity index (χ3n) is 2.30. The van der Waals surface area contributed by atoms with Crippen molar-refractivity contribution in [2.45, 2.75) is 13.5 Å². The third-order valence-corrected chi connectivity index (χ3v) is 2.30. The maximum atomic E-state index is 13.5. The SMILES string of the molecule is CCNCCNCc1ccc(OC)cc1F. The van der Waals surface area contributed by atoms with E-state index in [-0.39, 0.29) is 5.82 Å². The van der Waals surface area contributed by atoms with Crippen LogP contribution in [-0.2, 0) is 6.54 Å². The van der Waals surface area contributed by atoms with Gasteiger partial charge in [0.05, 0.1) is 7.11 Å². The first kappa shape index (κ1) is 12.9. The molecular weight excluding hydrogens is 207 g/mol. The lowest BCUT2D eigenvalue weighted by Gasteiger charge is -2.07. The van der Waals surface area contributed by atoms with Gasteiger partial charge in [0.1, 0.15) is 11.6 Å². The second-order valence-electron chi connectivity index (χ2n) is 3.49. The van der Waals surface area contributed by atoms with E-state index in [0.29, 0.717) is 17.9 Å². The largest absolute Gasteiger partial charge is 0.497 e. The van der Waals surface area contributed by atoms with Crippen molar-refractivity contribution < 1.29 is 9.13 Å². The van der Waals surface area contributed by atoms with Gasteiger partial charge < -0.3 is 15.4 Å². The number of methoxy groups -OCH3 is 1. The highest BCUT2D eigenvalue weighted by molar-refractivity contribution is 5.28. The number of rotatable bonds is 7. The molecule has 0 aliphatic heterocycles. The van der Waals surface area contributed by atoms with Crippen LogP contribution in [0.25, 0.3) is 0 Å². The van der Waals surface area contributed by atoms with Crippen LogP contribution in [0.5, 0.6) is 5.75 Å². The summed E-state index contributed by atoms with van der Waals surface area (Å²) < 4.78 is 18.4. The second-order valence-corrected chi connectivity index (χ2v) is 3.49. The van der Waals surface area contributed by atoms with Crippen molar-refractivity contribution in [1.82, 2.24) is 10.6 Å². The number of likely N-dealkylation sites (N-methyl/N-ethyl adjacent to an activating group) is 1. The van der Waals surface area contributed by atoms with Crippen LogP contribution in [0, 0.1) is 5.82 Å². The van der Waals surface area contributed by atoms with Gasteiger partial charge in [0.15, 0.2) is 0 Å². The molecule has 2 N–H and O–H groups in total. The minimum atomic E-state index is -0.227. The second kappa shape index (κ2) is 7.19. The molecule has 0 aromatic heterocycles. The molecule has 90 valence electrons. The summed E-state index contributed by atoms with van der Waals surface area (Å²) in [6.07, 6.45) is 0. The topological polar surface area (TPSA) is 33.3 Å². The number of ether oxygens (including phenoxy) is 1. The molecule has 0 amide bonds. The molecule has 0 aliphatic carbocycles. The first-order valence-corrected chi connectivity index (χ1v) is 5.51. The molecule has 3 nitrogen and oxygen atoms in total. The Balaban J connectivity index is 2.36. The Kier molecular flexibility index (Phi) is 5.82. The zero-order valence-corrected chi connectivity index (χ0v) is 9.85. The predicted octanol–water partition coefficient (Wildman–Crippen LogP) is 1.53. The fourth-order valence-corrected chi connectivity index (χ4v) is 1.37. The first-order chi connectivity index (χ1) is 7.77. The van der Waals surface area contributed by atoms with Gasteiger partial charge in [0.25, 0.3) is 0 Å². The zero-order chi connectivity index (χ0) is 11.8. The van der Waals surface area contributed by atoms with Crippen LogP contribution >= 0.6 is 0 Å². The molecular formula is C12H19FN2O. The molecule has 0 spiro atoms. The van der Waals surface area contributed by atoms with Crippen molar-refractivity contribution in [3.8, 4) is 5.75 Å². The normalized spacial score (nSPS) is 10.4. The number of halogens is 1. The van der Waals surface area contributed by atoms with Crippen molar-refractivity contribution in [3.05, 3.63) is 29.6 Å². The molecule has 0 saturated heterocycles. The highest BCUT2D eigenvalue weighted by atomic mass is 19.1. The molecule has 1 rings (SSSR count). The predicted molar refractivity (Wildman–Crippen MR) is 63.2 cm³/mol. The Morgan fingerprint density at radius 1 is 1.25 bits per heavy atom. The van der Waals surface area contributed by atoms with E-state index < -0.39 is 0 Å². The standard InChI is InChI=1S/C12H19FN2O/c1-3-14-6-7-15-9-10-4-5-11(16-2)8-12(10)13/h4-5,8,14-15H,3,6-7,9H2,1-2H3. The van der Waals surface area contributed by atoms with Crippen molar-refractivity contribution in [2.24, 2.45) is 0 Å². The number of benzene rings is 1. The van der Waals surface area contributed by atoms with Crippen molar-refractivity contribution in [3.63, 3.8) is 0 Å². The highest BCUT2D eigenvalue weighted by Crippen LogP contribution is 2.15. The average Bonchev–Trinajstić information content (AvgIpc) is 2.30. The molecule has 0 heterocycles. The van der Waals surface area contributed by atoms with Gasteiger partial charge in [-0.3, -0.25) is 0 Å². The van der Waals surface area contributed by atoms with Crippen LogP contribution in [0.2, 0.25) is 0 Å². The lowest BCUT2D eigenvalue weighted by atomic mass is 10.2. The molecule has 1 aromatic rings. The Labute approximate surface area is 96.0 Å².